The van der Waals surface area contributed by atoms with Gasteiger partial charge in [0.1, 0.15) is 10.8 Å². The molecule has 2 aromatic carbocycles. The minimum atomic E-state index is -0.0568. The molecule has 0 fully saturated rings. The molecule has 0 radical (unpaired) electrons. The molecule has 0 unspecified atom stereocenters. The number of hydrogen-bond donors (Lipinski definition) is 0. The fourth-order valence-corrected chi connectivity index (χ4v) is 3.51. The Morgan fingerprint density at radius 2 is 1.81 bits per heavy atom. The van der Waals surface area contributed by atoms with E-state index in [-0.39, 0.29) is 12.3 Å². The van der Waals surface area contributed by atoms with Crippen molar-refractivity contribution in [1.82, 2.24) is 10.2 Å². The molecular weight excluding hydrogens is 426 g/mol. The number of anilines is 1. The van der Waals surface area contributed by atoms with Crippen molar-refractivity contribution in [3.05, 3.63) is 58.6 Å². The van der Waals surface area contributed by atoms with E-state index in [2.05, 4.69) is 33.1 Å². The van der Waals surface area contributed by atoms with Gasteiger partial charge in [0.05, 0.1) is 13.0 Å². The number of nitrogens with zero attached hydrogens (tertiary/aromatic N) is 3. The second-order valence-corrected chi connectivity index (χ2v) is 7.82. The third-order valence-electron chi connectivity index (χ3n) is 4.08. The second-order valence-electron chi connectivity index (χ2n) is 5.95. The first kappa shape index (κ1) is 19.5. The molecule has 0 aliphatic carbocycles. The maximum atomic E-state index is 12.4. The minimum Gasteiger partial charge on any atom is -0.493 e. The van der Waals surface area contributed by atoms with Crippen molar-refractivity contribution in [1.29, 1.82) is 0 Å². The zero-order valence-corrected chi connectivity index (χ0v) is 17.6. The average Bonchev–Trinajstić information content (AvgIpc) is 3.18. The van der Waals surface area contributed by atoms with E-state index in [0.29, 0.717) is 11.7 Å². The number of aromatic nitrogens is 2. The Kier molecular flexibility index (Phi) is 6.58. The molecular formula is C20H20BrN3O2S. The molecule has 0 saturated carbocycles. The highest BCUT2D eigenvalue weighted by atomic mass is 79.9. The molecule has 3 aromatic rings. The summed E-state index contributed by atoms with van der Waals surface area (Å²) in [6, 6.07) is 15.8. The molecule has 0 saturated heterocycles. The van der Waals surface area contributed by atoms with Crippen LogP contribution in [0.3, 0.4) is 0 Å². The van der Waals surface area contributed by atoms with Gasteiger partial charge in [-0.05, 0) is 36.2 Å². The molecule has 1 amide bonds. The zero-order valence-electron chi connectivity index (χ0n) is 15.2. The lowest BCUT2D eigenvalue weighted by Gasteiger charge is -2.13. The van der Waals surface area contributed by atoms with Gasteiger partial charge in [-0.1, -0.05) is 58.5 Å². The van der Waals surface area contributed by atoms with Crippen LogP contribution in [0.2, 0.25) is 0 Å². The molecule has 3 rings (SSSR count). The average molecular weight is 446 g/mol. The van der Waals surface area contributed by atoms with Crippen LogP contribution >= 0.6 is 27.3 Å². The lowest BCUT2D eigenvalue weighted by molar-refractivity contribution is -0.118. The normalized spacial score (nSPS) is 10.6. The Labute approximate surface area is 171 Å². The van der Waals surface area contributed by atoms with Crippen LogP contribution in [0.5, 0.6) is 5.75 Å². The van der Waals surface area contributed by atoms with Crippen LogP contribution in [0.4, 0.5) is 5.13 Å². The van der Waals surface area contributed by atoms with E-state index in [0.717, 1.165) is 27.2 Å². The number of amides is 1. The highest BCUT2D eigenvalue weighted by Crippen LogP contribution is 2.29. The Morgan fingerprint density at radius 1 is 1.11 bits per heavy atom. The van der Waals surface area contributed by atoms with Gasteiger partial charge < -0.3 is 4.74 Å². The summed E-state index contributed by atoms with van der Waals surface area (Å²) in [4.78, 5) is 13.9. The van der Waals surface area contributed by atoms with Gasteiger partial charge in [-0.2, -0.15) is 0 Å². The van der Waals surface area contributed by atoms with Gasteiger partial charge >= 0.3 is 0 Å². The quantitative estimate of drug-likeness (QED) is 0.515. The third-order valence-corrected chi connectivity index (χ3v) is 5.66. The largest absolute Gasteiger partial charge is 0.493 e. The van der Waals surface area contributed by atoms with E-state index < -0.39 is 0 Å². The smallest absolute Gasteiger partial charge is 0.231 e. The Bertz CT molecular complexity index is 894. The monoisotopic (exact) mass is 445 g/mol. The number of carbonyl (C=O) groups is 1. The summed E-state index contributed by atoms with van der Waals surface area (Å²) < 4.78 is 6.67. The number of ether oxygens (including phenoxy) is 1. The van der Waals surface area contributed by atoms with E-state index >= 15 is 0 Å². The van der Waals surface area contributed by atoms with Crippen LogP contribution in [-0.4, -0.2) is 29.8 Å². The van der Waals surface area contributed by atoms with E-state index in [1.165, 1.54) is 21.8 Å². The summed E-state index contributed by atoms with van der Waals surface area (Å²) in [7, 11) is 1.71. The van der Waals surface area contributed by atoms with Gasteiger partial charge in [0.25, 0.3) is 0 Å². The SMILES string of the molecule is CCc1ccc(OCCC(=O)N(C)c2nnc(-c3ccc(Br)cc3)s2)cc1. The van der Waals surface area contributed by atoms with Gasteiger partial charge in [0.2, 0.25) is 11.0 Å². The van der Waals surface area contributed by atoms with Crippen LogP contribution < -0.4 is 9.64 Å². The van der Waals surface area contributed by atoms with Gasteiger partial charge in [0, 0.05) is 17.1 Å². The van der Waals surface area contributed by atoms with Gasteiger partial charge in [0.15, 0.2) is 0 Å². The van der Waals surface area contributed by atoms with Crippen LogP contribution in [0.25, 0.3) is 10.6 Å². The van der Waals surface area contributed by atoms with E-state index in [1.54, 1.807) is 7.05 Å². The second kappa shape index (κ2) is 9.10. The summed E-state index contributed by atoms with van der Waals surface area (Å²) in [6.45, 7) is 2.44. The number of aryl methyl sites for hydroxylation is 1. The summed E-state index contributed by atoms with van der Waals surface area (Å²) in [5.74, 6) is 0.717. The van der Waals surface area contributed by atoms with Crippen LogP contribution in [0.1, 0.15) is 18.9 Å². The van der Waals surface area contributed by atoms with Crippen molar-refractivity contribution in [2.75, 3.05) is 18.6 Å². The minimum absolute atomic E-state index is 0.0568. The first-order valence-corrected chi connectivity index (χ1v) is 10.3. The highest BCUT2D eigenvalue weighted by Gasteiger charge is 2.16. The molecule has 1 heterocycles. The van der Waals surface area contributed by atoms with E-state index in [4.69, 9.17) is 4.74 Å². The van der Waals surface area contributed by atoms with Crippen molar-refractivity contribution in [3.8, 4) is 16.3 Å². The number of carbonyl (C=O) groups excluding carboxylic acids is 1. The lowest BCUT2D eigenvalue weighted by atomic mass is 10.2. The van der Waals surface area contributed by atoms with Crippen LogP contribution in [0.15, 0.2) is 53.0 Å². The zero-order chi connectivity index (χ0) is 19.2. The lowest BCUT2D eigenvalue weighted by Crippen LogP contribution is -2.27. The Hall–Kier alpha value is -2.25. The summed E-state index contributed by atoms with van der Waals surface area (Å²) in [5.41, 5.74) is 2.23. The molecule has 0 aliphatic heterocycles. The number of benzene rings is 2. The van der Waals surface area contributed by atoms with Gasteiger partial charge in [-0.15, -0.1) is 10.2 Å². The molecule has 0 aliphatic rings. The van der Waals surface area contributed by atoms with Crippen molar-refractivity contribution in [3.63, 3.8) is 0 Å². The van der Waals surface area contributed by atoms with Gasteiger partial charge in [-0.25, -0.2) is 0 Å². The molecule has 5 nitrogen and oxygen atoms in total. The summed E-state index contributed by atoms with van der Waals surface area (Å²) in [5, 5.41) is 9.69. The van der Waals surface area contributed by atoms with Crippen molar-refractivity contribution in [2.24, 2.45) is 0 Å². The van der Waals surface area contributed by atoms with Crippen LogP contribution in [-0.2, 0) is 11.2 Å². The maximum Gasteiger partial charge on any atom is 0.231 e. The molecule has 0 atom stereocenters. The predicted molar refractivity (Wildman–Crippen MR) is 112 cm³/mol. The van der Waals surface area contributed by atoms with Crippen molar-refractivity contribution < 1.29 is 9.53 Å². The summed E-state index contributed by atoms with van der Waals surface area (Å²) in [6.07, 6.45) is 1.27. The topological polar surface area (TPSA) is 55.3 Å². The molecule has 27 heavy (non-hydrogen) atoms. The predicted octanol–water partition coefficient (Wildman–Crippen LogP) is 4.96. The molecule has 0 bridgehead atoms. The fraction of sp³-hybridized carbons (Fsp3) is 0.250. The van der Waals surface area contributed by atoms with Crippen molar-refractivity contribution in [2.45, 2.75) is 19.8 Å². The number of hydrogen-bond acceptors (Lipinski definition) is 5. The van der Waals surface area contributed by atoms with Crippen LogP contribution in [0, 0.1) is 0 Å². The Balaban J connectivity index is 1.54. The number of halogens is 1. The molecule has 0 spiro atoms. The Morgan fingerprint density at radius 3 is 2.48 bits per heavy atom. The molecule has 7 heteroatoms. The van der Waals surface area contributed by atoms with Gasteiger partial charge in [-0.3, -0.25) is 9.69 Å². The highest BCUT2D eigenvalue weighted by molar-refractivity contribution is 9.10. The fourth-order valence-electron chi connectivity index (χ4n) is 2.41. The standard InChI is InChI=1S/C20H20BrN3O2S/c1-3-14-4-10-17(11-5-14)26-13-12-18(25)24(2)20-23-22-19(27-20)15-6-8-16(21)9-7-15/h4-11H,3,12-13H2,1-2H3. The van der Waals surface area contributed by atoms with E-state index in [9.17, 15) is 4.79 Å². The maximum absolute atomic E-state index is 12.4. The molecule has 1 aromatic heterocycles. The van der Waals surface area contributed by atoms with E-state index in [1.807, 2.05) is 48.5 Å². The van der Waals surface area contributed by atoms with Crippen molar-refractivity contribution >= 4 is 38.3 Å². The summed E-state index contributed by atoms with van der Waals surface area (Å²) >= 11 is 4.81. The third kappa shape index (κ3) is 5.14. The molecule has 140 valence electrons. The number of rotatable bonds is 7. The first-order valence-electron chi connectivity index (χ1n) is 8.64. The molecule has 0 N–H and O–H groups in total. The first-order chi connectivity index (χ1) is 13.1.